The smallest absolute Gasteiger partial charge is 0.252 e. The van der Waals surface area contributed by atoms with Crippen molar-refractivity contribution in [1.82, 2.24) is 19.7 Å². The Morgan fingerprint density at radius 2 is 1.81 bits per heavy atom. The van der Waals surface area contributed by atoms with Gasteiger partial charge in [0.25, 0.3) is 5.91 Å². The Bertz CT molecular complexity index is 1740. The molecule has 2 aromatic heterocycles. The lowest BCUT2D eigenvalue weighted by molar-refractivity contribution is 0.0966. The van der Waals surface area contributed by atoms with E-state index in [9.17, 15) is 4.79 Å². The summed E-state index contributed by atoms with van der Waals surface area (Å²) in [6, 6.07) is 14.8. The lowest BCUT2D eigenvalue weighted by atomic mass is 9.82. The Kier molecular flexibility index (Phi) is 4.67. The van der Waals surface area contributed by atoms with Gasteiger partial charge in [0.15, 0.2) is 0 Å². The van der Waals surface area contributed by atoms with Crippen LogP contribution in [0.1, 0.15) is 47.1 Å². The number of hydrogen-bond acceptors (Lipinski definition) is 4. The van der Waals surface area contributed by atoms with Crippen LogP contribution in [0, 0.1) is 0 Å². The first-order valence-electron chi connectivity index (χ1n) is 12.8. The van der Waals surface area contributed by atoms with Crippen molar-refractivity contribution in [1.29, 1.82) is 0 Å². The van der Waals surface area contributed by atoms with E-state index < -0.39 is 0 Å². The van der Waals surface area contributed by atoms with Crippen LogP contribution in [0.15, 0.2) is 48.7 Å². The Balaban J connectivity index is 1.52. The summed E-state index contributed by atoms with van der Waals surface area (Å²) in [5, 5.41) is 13.8. The molecule has 5 aromatic rings. The van der Waals surface area contributed by atoms with Gasteiger partial charge >= 0.3 is 0 Å². The summed E-state index contributed by atoms with van der Waals surface area (Å²) in [4.78, 5) is 13.3. The number of methoxy groups -OCH3 is 1. The molecule has 37 heavy (non-hydrogen) atoms. The molecule has 186 valence electrons. The molecule has 0 saturated heterocycles. The highest BCUT2D eigenvalue weighted by molar-refractivity contribution is 6.20. The number of amides is 1. The van der Waals surface area contributed by atoms with E-state index in [1.807, 2.05) is 36.0 Å². The molecule has 2 aliphatic rings. The summed E-state index contributed by atoms with van der Waals surface area (Å²) in [6.07, 6.45) is 3.82. The average Bonchev–Trinajstić information content (AvgIpc) is 3.56. The zero-order chi connectivity index (χ0) is 25.4. The molecule has 0 bridgehead atoms. The number of carbonyl (C=O) groups is 1. The molecule has 3 heterocycles. The normalized spacial score (nSPS) is 14.1. The second-order valence-electron chi connectivity index (χ2n) is 10.3. The molecule has 0 unspecified atom stereocenters. The third kappa shape index (κ3) is 3.13. The summed E-state index contributed by atoms with van der Waals surface area (Å²) in [6.45, 7) is 5.02. The molecule has 7 heteroatoms. The van der Waals surface area contributed by atoms with Crippen LogP contribution in [-0.2, 0) is 26.4 Å². The predicted molar refractivity (Wildman–Crippen MR) is 147 cm³/mol. The van der Waals surface area contributed by atoms with Crippen LogP contribution >= 0.6 is 0 Å². The van der Waals surface area contributed by atoms with Crippen LogP contribution in [0.5, 0.6) is 5.75 Å². The third-order valence-electron chi connectivity index (χ3n) is 7.78. The van der Waals surface area contributed by atoms with Crippen molar-refractivity contribution in [3.05, 3.63) is 71.0 Å². The first-order chi connectivity index (χ1) is 17.9. The fraction of sp³-hybridized carbons (Fsp3) is 0.267. The van der Waals surface area contributed by atoms with Gasteiger partial charge in [-0.15, -0.1) is 0 Å². The minimum atomic E-state index is 0.0165. The van der Waals surface area contributed by atoms with Crippen LogP contribution in [0.3, 0.4) is 0 Å². The number of nitrogens with one attached hydrogen (secondary N) is 2. The average molecular weight is 492 g/mol. The molecule has 2 N–H and O–H groups in total. The van der Waals surface area contributed by atoms with Crippen molar-refractivity contribution in [2.75, 3.05) is 12.4 Å². The minimum absolute atomic E-state index is 0.0165. The highest BCUT2D eigenvalue weighted by Crippen LogP contribution is 2.47. The van der Waals surface area contributed by atoms with Gasteiger partial charge in [-0.05, 0) is 80.3 Å². The summed E-state index contributed by atoms with van der Waals surface area (Å²) in [5.74, 6) is 0.845. The number of aryl methyl sites for hydroxylation is 3. The Labute approximate surface area is 215 Å². The van der Waals surface area contributed by atoms with E-state index in [1.165, 1.54) is 27.4 Å². The van der Waals surface area contributed by atoms with E-state index in [4.69, 9.17) is 9.84 Å². The second kappa shape index (κ2) is 7.87. The van der Waals surface area contributed by atoms with Gasteiger partial charge in [0.2, 0.25) is 0 Å². The number of anilines is 2. The molecule has 0 spiro atoms. The van der Waals surface area contributed by atoms with E-state index in [0.717, 1.165) is 57.9 Å². The second-order valence-corrected chi connectivity index (χ2v) is 10.3. The topological polar surface area (TPSA) is 73.1 Å². The van der Waals surface area contributed by atoms with Gasteiger partial charge in [-0.25, -0.2) is 0 Å². The van der Waals surface area contributed by atoms with Crippen LogP contribution in [0.4, 0.5) is 11.4 Å². The minimum Gasteiger partial charge on any atom is -0.497 e. The SMILES string of the molecule is COc1ccc(Nc2ccc3c(c2)c2c4c(c5c(c2n3C(C)C)CCc2nn(C)cc2-5)C(=O)NC4)cc1. The van der Waals surface area contributed by atoms with Crippen LogP contribution in [-0.4, -0.2) is 27.4 Å². The van der Waals surface area contributed by atoms with Gasteiger partial charge in [-0.1, -0.05) is 0 Å². The molecule has 0 fully saturated rings. The lowest BCUT2D eigenvalue weighted by Crippen LogP contribution is -2.15. The number of rotatable bonds is 4. The van der Waals surface area contributed by atoms with E-state index in [2.05, 4.69) is 53.4 Å². The largest absolute Gasteiger partial charge is 0.497 e. The first-order valence-corrected chi connectivity index (χ1v) is 12.8. The van der Waals surface area contributed by atoms with Crippen molar-refractivity contribution < 1.29 is 9.53 Å². The highest BCUT2D eigenvalue weighted by Gasteiger charge is 2.35. The number of nitrogens with zero attached hydrogens (tertiary/aromatic N) is 3. The van der Waals surface area contributed by atoms with Crippen molar-refractivity contribution in [2.45, 2.75) is 39.3 Å². The molecule has 0 atom stereocenters. The number of aromatic nitrogens is 3. The number of benzene rings is 3. The Morgan fingerprint density at radius 1 is 1.03 bits per heavy atom. The van der Waals surface area contributed by atoms with Gasteiger partial charge < -0.3 is 19.9 Å². The maximum Gasteiger partial charge on any atom is 0.252 e. The van der Waals surface area contributed by atoms with Gasteiger partial charge in [-0.3, -0.25) is 9.48 Å². The van der Waals surface area contributed by atoms with E-state index >= 15 is 0 Å². The molecule has 0 radical (unpaired) electrons. The van der Waals surface area contributed by atoms with Gasteiger partial charge in [-0.2, -0.15) is 5.10 Å². The molecular formula is C30H29N5O2. The zero-order valence-corrected chi connectivity index (χ0v) is 21.5. The summed E-state index contributed by atoms with van der Waals surface area (Å²) >= 11 is 0. The molecule has 1 amide bonds. The van der Waals surface area contributed by atoms with Crippen molar-refractivity contribution in [3.8, 4) is 16.9 Å². The van der Waals surface area contributed by atoms with Crippen molar-refractivity contribution in [3.63, 3.8) is 0 Å². The monoisotopic (exact) mass is 491 g/mol. The summed E-state index contributed by atoms with van der Waals surface area (Å²) in [5.41, 5.74) is 10.9. The summed E-state index contributed by atoms with van der Waals surface area (Å²) in [7, 11) is 3.63. The van der Waals surface area contributed by atoms with E-state index in [0.29, 0.717) is 6.54 Å². The molecule has 7 rings (SSSR count). The van der Waals surface area contributed by atoms with Crippen LogP contribution in [0.2, 0.25) is 0 Å². The zero-order valence-electron chi connectivity index (χ0n) is 21.5. The maximum atomic E-state index is 13.3. The Hall–Kier alpha value is -4.26. The van der Waals surface area contributed by atoms with Crippen LogP contribution < -0.4 is 15.4 Å². The quantitative estimate of drug-likeness (QED) is 0.330. The molecule has 7 nitrogen and oxygen atoms in total. The van der Waals surface area contributed by atoms with E-state index in [1.54, 1.807) is 7.11 Å². The number of fused-ring (bicyclic) bond motifs is 10. The Morgan fingerprint density at radius 3 is 2.57 bits per heavy atom. The van der Waals surface area contributed by atoms with Gasteiger partial charge in [0.05, 0.1) is 23.9 Å². The number of hydrogen-bond donors (Lipinski definition) is 2. The molecule has 0 saturated carbocycles. The van der Waals surface area contributed by atoms with Crippen molar-refractivity contribution in [2.24, 2.45) is 7.05 Å². The third-order valence-corrected chi connectivity index (χ3v) is 7.78. The maximum absolute atomic E-state index is 13.3. The van der Waals surface area contributed by atoms with Crippen LogP contribution in [0.25, 0.3) is 32.9 Å². The van der Waals surface area contributed by atoms with Crippen molar-refractivity contribution >= 4 is 39.1 Å². The molecule has 3 aromatic carbocycles. The highest BCUT2D eigenvalue weighted by atomic mass is 16.5. The lowest BCUT2D eigenvalue weighted by Gasteiger charge is -2.22. The first kappa shape index (κ1) is 22.0. The molecule has 1 aliphatic carbocycles. The predicted octanol–water partition coefficient (Wildman–Crippen LogP) is 5.87. The standard InChI is InChI=1S/C30H29N5O2/c1-16(2)35-25-12-7-18(32-17-5-8-19(37-4)9-6-17)13-21(25)27-22-14-31-30(36)28(22)26-20(29(27)35)10-11-24-23(26)15-34(3)33-24/h5-9,12-13,15-16,32H,10-11,14H2,1-4H3,(H,31,36). The van der Waals surface area contributed by atoms with Gasteiger partial charge in [0, 0.05) is 64.6 Å². The fourth-order valence-corrected chi connectivity index (χ4v) is 6.31. The number of carbonyl (C=O) groups excluding carboxylic acids is 1. The summed E-state index contributed by atoms with van der Waals surface area (Å²) < 4.78 is 9.64. The number of ether oxygens (including phenoxy) is 1. The molecule has 1 aliphatic heterocycles. The fourth-order valence-electron chi connectivity index (χ4n) is 6.31. The molecular weight excluding hydrogens is 462 g/mol. The van der Waals surface area contributed by atoms with E-state index in [-0.39, 0.29) is 11.9 Å². The van der Waals surface area contributed by atoms with Gasteiger partial charge in [0.1, 0.15) is 5.75 Å².